The highest BCUT2D eigenvalue weighted by molar-refractivity contribution is 7.08. The monoisotopic (exact) mass is 223 g/mol. The maximum atomic E-state index is 5.07. The summed E-state index contributed by atoms with van der Waals surface area (Å²) in [6.07, 6.45) is 0. The predicted octanol–water partition coefficient (Wildman–Crippen LogP) is 2.87. The van der Waals surface area contributed by atoms with Crippen molar-refractivity contribution < 1.29 is 4.52 Å². The van der Waals surface area contributed by atoms with Crippen LogP contribution in [-0.2, 0) is 0 Å². The van der Waals surface area contributed by atoms with E-state index in [9.17, 15) is 0 Å². The molecule has 0 radical (unpaired) electrons. The lowest BCUT2D eigenvalue weighted by molar-refractivity contribution is 0.430. The summed E-state index contributed by atoms with van der Waals surface area (Å²) in [5, 5.41) is 11.0. The van der Waals surface area contributed by atoms with Crippen LogP contribution < -0.4 is 5.32 Å². The Balaban J connectivity index is 2.04. The highest BCUT2D eigenvalue weighted by atomic mass is 32.1. The van der Waals surface area contributed by atoms with Crippen molar-refractivity contribution in [3.05, 3.63) is 16.8 Å². The van der Waals surface area contributed by atoms with Crippen LogP contribution in [0.2, 0.25) is 0 Å². The molecule has 5 heteroatoms. The maximum Gasteiger partial charge on any atom is 0.321 e. The molecule has 0 aliphatic rings. The topological polar surface area (TPSA) is 51.0 Å². The quantitative estimate of drug-likeness (QED) is 0.866. The molecule has 0 bridgehead atoms. The summed E-state index contributed by atoms with van der Waals surface area (Å²) in [7, 11) is 0. The lowest BCUT2D eigenvalue weighted by atomic mass is 10.2. The number of hydrogen-bond donors (Lipinski definition) is 1. The molecular weight excluding hydrogens is 210 g/mol. The highest BCUT2D eigenvalue weighted by Crippen LogP contribution is 2.20. The maximum absolute atomic E-state index is 5.07. The second-order valence-electron chi connectivity index (χ2n) is 3.71. The Kier molecular flexibility index (Phi) is 3.01. The van der Waals surface area contributed by atoms with E-state index in [2.05, 4.69) is 29.3 Å². The Bertz CT molecular complexity index is 408. The molecule has 4 nitrogen and oxygen atoms in total. The lowest BCUT2D eigenvalue weighted by Crippen LogP contribution is -2.07. The zero-order chi connectivity index (χ0) is 10.7. The van der Waals surface area contributed by atoms with Crippen LogP contribution in [-0.4, -0.2) is 16.7 Å². The van der Waals surface area contributed by atoms with Crippen LogP contribution >= 0.6 is 11.3 Å². The van der Waals surface area contributed by atoms with Gasteiger partial charge in [0.15, 0.2) is 0 Å². The van der Waals surface area contributed by atoms with Crippen LogP contribution in [0.25, 0.3) is 11.4 Å². The summed E-state index contributed by atoms with van der Waals surface area (Å²) >= 11 is 1.62. The van der Waals surface area contributed by atoms with E-state index in [-0.39, 0.29) is 0 Å². The summed E-state index contributed by atoms with van der Waals surface area (Å²) in [5.74, 6) is 1.20. The minimum atomic E-state index is 0.491. The van der Waals surface area contributed by atoms with Gasteiger partial charge in [0.1, 0.15) is 0 Å². The van der Waals surface area contributed by atoms with Gasteiger partial charge in [0.25, 0.3) is 0 Å². The van der Waals surface area contributed by atoms with Crippen LogP contribution in [0.4, 0.5) is 6.01 Å². The summed E-state index contributed by atoms with van der Waals surface area (Å²) in [6, 6.07) is 2.46. The van der Waals surface area contributed by atoms with E-state index >= 15 is 0 Å². The second kappa shape index (κ2) is 4.44. The van der Waals surface area contributed by atoms with Crippen LogP contribution in [0.15, 0.2) is 21.3 Å². The van der Waals surface area contributed by atoms with Crippen molar-refractivity contribution in [2.45, 2.75) is 13.8 Å². The fourth-order valence-electron chi connectivity index (χ4n) is 1.10. The zero-order valence-corrected chi connectivity index (χ0v) is 9.54. The van der Waals surface area contributed by atoms with Gasteiger partial charge in [-0.2, -0.15) is 16.3 Å². The van der Waals surface area contributed by atoms with Gasteiger partial charge >= 0.3 is 6.01 Å². The molecule has 0 fully saturated rings. The highest BCUT2D eigenvalue weighted by Gasteiger charge is 2.08. The van der Waals surface area contributed by atoms with Gasteiger partial charge in [0.2, 0.25) is 5.82 Å². The molecule has 0 unspecified atom stereocenters. The van der Waals surface area contributed by atoms with Gasteiger partial charge in [-0.3, -0.25) is 0 Å². The lowest BCUT2D eigenvalue weighted by Gasteiger charge is -2.02. The first-order chi connectivity index (χ1) is 7.25. The summed E-state index contributed by atoms with van der Waals surface area (Å²) in [5.41, 5.74) is 1.00. The van der Waals surface area contributed by atoms with Gasteiger partial charge in [0, 0.05) is 17.5 Å². The van der Waals surface area contributed by atoms with E-state index < -0.39 is 0 Å². The SMILES string of the molecule is CC(C)CNc1nc(-c2ccsc2)no1. The summed E-state index contributed by atoms with van der Waals surface area (Å²) in [6.45, 7) is 5.09. The first-order valence-electron chi connectivity index (χ1n) is 4.86. The molecule has 1 N–H and O–H groups in total. The molecule has 0 aliphatic heterocycles. The van der Waals surface area contributed by atoms with Crippen LogP contribution in [0, 0.1) is 5.92 Å². The van der Waals surface area contributed by atoms with E-state index in [1.165, 1.54) is 0 Å². The van der Waals surface area contributed by atoms with Gasteiger partial charge in [-0.15, -0.1) is 0 Å². The number of hydrogen-bond acceptors (Lipinski definition) is 5. The zero-order valence-electron chi connectivity index (χ0n) is 8.73. The van der Waals surface area contributed by atoms with Crippen molar-refractivity contribution in [2.24, 2.45) is 5.92 Å². The molecule has 0 saturated carbocycles. The number of anilines is 1. The van der Waals surface area contributed by atoms with E-state index in [1.54, 1.807) is 11.3 Å². The third-order valence-electron chi connectivity index (χ3n) is 1.87. The van der Waals surface area contributed by atoms with Crippen molar-refractivity contribution in [3.63, 3.8) is 0 Å². The summed E-state index contributed by atoms with van der Waals surface area (Å²) < 4.78 is 5.07. The van der Waals surface area contributed by atoms with E-state index in [0.717, 1.165) is 12.1 Å². The molecule has 15 heavy (non-hydrogen) atoms. The number of nitrogens with zero attached hydrogens (tertiary/aromatic N) is 2. The second-order valence-corrected chi connectivity index (χ2v) is 4.49. The average molecular weight is 223 g/mol. The molecule has 2 heterocycles. The Morgan fingerprint density at radius 2 is 2.40 bits per heavy atom. The van der Waals surface area contributed by atoms with Crippen LogP contribution in [0.5, 0.6) is 0 Å². The molecule has 2 aromatic rings. The first kappa shape index (κ1) is 10.2. The number of nitrogens with one attached hydrogen (secondary N) is 1. The van der Waals surface area contributed by atoms with Gasteiger partial charge in [-0.1, -0.05) is 19.0 Å². The Labute approximate surface area is 92.3 Å². The molecule has 0 aliphatic carbocycles. The molecule has 2 aromatic heterocycles. The van der Waals surface area contributed by atoms with Crippen molar-refractivity contribution in [1.29, 1.82) is 0 Å². The van der Waals surface area contributed by atoms with Crippen LogP contribution in [0.1, 0.15) is 13.8 Å². The Morgan fingerprint density at radius 3 is 3.07 bits per heavy atom. The molecular formula is C10H13N3OS. The van der Waals surface area contributed by atoms with Crippen molar-refractivity contribution in [1.82, 2.24) is 10.1 Å². The fourth-order valence-corrected chi connectivity index (χ4v) is 1.73. The fraction of sp³-hybridized carbons (Fsp3) is 0.400. The van der Waals surface area contributed by atoms with Crippen molar-refractivity contribution >= 4 is 17.4 Å². The standard InChI is InChI=1S/C10H13N3OS/c1-7(2)5-11-10-12-9(13-14-10)8-3-4-15-6-8/h3-4,6-7H,5H2,1-2H3,(H,11,12,13). The van der Waals surface area contributed by atoms with E-state index in [0.29, 0.717) is 17.8 Å². The first-order valence-corrected chi connectivity index (χ1v) is 5.80. The molecule has 0 saturated heterocycles. The molecule has 0 aromatic carbocycles. The Hall–Kier alpha value is -1.36. The van der Waals surface area contributed by atoms with Crippen molar-refractivity contribution in [2.75, 3.05) is 11.9 Å². The molecule has 0 spiro atoms. The van der Waals surface area contributed by atoms with E-state index in [1.807, 2.05) is 16.8 Å². The third-order valence-corrected chi connectivity index (χ3v) is 2.55. The van der Waals surface area contributed by atoms with Gasteiger partial charge < -0.3 is 9.84 Å². The molecule has 0 amide bonds. The minimum Gasteiger partial charge on any atom is -0.337 e. The summed E-state index contributed by atoms with van der Waals surface area (Å²) in [4.78, 5) is 4.24. The minimum absolute atomic E-state index is 0.491. The van der Waals surface area contributed by atoms with E-state index in [4.69, 9.17) is 4.52 Å². The van der Waals surface area contributed by atoms with Crippen molar-refractivity contribution in [3.8, 4) is 11.4 Å². The third kappa shape index (κ3) is 2.56. The van der Waals surface area contributed by atoms with Gasteiger partial charge in [-0.05, 0) is 17.4 Å². The predicted molar refractivity (Wildman–Crippen MR) is 60.9 cm³/mol. The largest absolute Gasteiger partial charge is 0.337 e. The molecule has 0 atom stereocenters. The number of rotatable bonds is 4. The molecule has 80 valence electrons. The normalized spacial score (nSPS) is 10.9. The average Bonchev–Trinajstić information content (AvgIpc) is 2.85. The molecule has 2 rings (SSSR count). The number of aromatic nitrogens is 2. The Morgan fingerprint density at radius 1 is 1.53 bits per heavy atom. The smallest absolute Gasteiger partial charge is 0.321 e. The van der Waals surface area contributed by atoms with Crippen LogP contribution in [0.3, 0.4) is 0 Å². The van der Waals surface area contributed by atoms with Gasteiger partial charge in [-0.25, -0.2) is 0 Å². The number of thiophene rings is 1. The van der Waals surface area contributed by atoms with Gasteiger partial charge in [0.05, 0.1) is 0 Å².